The SMILES string of the molecule is CC(=NOP=O)C(=O)O. The lowest BCUT2D eigenvalue weighted by Crippen LogP contribution is -2.07. The number of carboxylic acids is 1. The predicted molar refractivity (Wildman–Crippen MR) is 29.4 cm³/mol. The molecule has 0 rings (SSSR count). The molecule has 0 amide bonds. The van der Waals surface area contributed by atoms with Gasteiger partial charge < -0.3 is 5.11 Å². The van der Waals surface area contributed by atoms with Gasteiger partial charge in [0.05, 0.1) is 0 Å². The lowest BCUT2D eigenvalue weighted by molar-refractivity contribution is -0.129. The van der Waals surface area contributed by atoms with Crippen LogP contribution in [0.25, 0.3) is 0 Å². The zero-order valence-electron chi connectivity index (χ0n) is 4.57. The smallest absolute Gasteiger partial charge is 0.419 e. The van der Waals surface area contributed by atoms with Crippen molar-refractivity contribution in [1.82, 2.24) is 0 Å². The van der Waals surface area contributed by atoms with Gasteiger partial charge in [0.1, 0.15) is 0 Å². The lowest BCUT2D eigenvalue weighted by Gasteiger charge is -1.85. The average Bonchev–Trinajstić information content (AvgIpc) is 1.82. The van der Waals surface area contributed by atoms with E-state index in [0.717, 1.165) is 0 Å². The summed E-state index contributed by atoms with van der Waals surface area (Å²) in [5.41, 5.74) is -0.238. The minimum atomic E-state index is -1.20. The van der Waals surface area contributed by atoms with Crippen LogP contribution in [0.4, 0.5) is 0 Å². The summed E-state index contributed by atoms with van der Waals surface area (Å²) >= 11 is 0. The molecule has 0 spiro atoms. The fraction of sp³-hybridized carbons (Fsp3) is 0.333. The van der Waals surface area contributed by atoms with E-state index in [4.69, 9.17) is 5.11 Å². The van der Waals surface area contributed by atoms with Gasteiger partial charge in [-0.05, 0) is 6.92 Å². The van der Waals surface area contributed by atoms with Gasteiger partial charge in [-0.15, -0.1) is 0 Å². The molecule has 0 saturated carbocycles. The van der Waals surface area contributed by atoms with E-state index >= 15 is 0 Å². The van der Waals surface area contributed by atoms with Crippen molar-refractivity contribution >= 4 is 20.4 Å². The molecule has 0 heterocycles. The quantitative estimate of drug-likeness (QED) is 0.363. The Morgan fingerprint density at radius 2 is 2.33 bits per heavy atom. The molecule has 6 heteroatoms. The Kier molecular flexibility index (Phi) is 3.55. The number of hydrogen-bond donors (Lipinski definition) is 1. The van der Waals surface area contributed by atoms with Crippen LogP contribution in [-0.2, 0) is 14.0 Å². The summed E-state index contributed by atoms with van der Waals surface area (Å²) in [4.78, 5) is 9.89. The van der Waals surface area contributed by atoms with Crippen LogP contribution in [0, 0.1) is 0 Å². The zero-order valence-corrected chi connectivity index (χ0v) is 5.46. The van der Waals surface area contributed by atoms with Gasteiger partial charge in [0.15, 0.2) is 5.71 Å². The molecule has 0 fully saturated rings. The van der Waals surface area contributed by atoms with Crippen molar-refractivity contribution in [2.45, 2.75) is 6.92 Å². The number of hydrogen-bond acceptors (Lipinski definition) is 4. The maximum Gasteiger partial charge on any atom is 0.419 e. The Bertz CT molecular complexity index is 154. The standard InChI is InChI=1S/C3H4NO4P/c1-2(3(5)6)4-8-9-7/h1H3,(H,5,6). The fourth-order valence-corrected chi connectivity index (χ4v) is 0.273. The Morgan fingerprint density at radius 1 is 1.78 bits per heavy atom. The molecule has 0 aliphatic rings. The van der Waals surface area contributed by atoms with Crippen molar-refractivity contribution in [2.24, 2.45) is 5.16 Å². The first kappa shape index (κ1) is 8.04. The maximum atomic E-state index is 9.89. The number of oxime groups is 1. The molecule has 50 valence electrons. The Balaban J connectivity index is 3.83. The molecule has 0 atom stereocenters. The van der Waals surface area contributed by atoms with Gasteiger partial charge in [-0.1, -0.05) is 5.16 Å². The first-order valence-corrected chi connectivity index (χ1v) is 2.68. The van der Waals surface area contributed by atoms with E-state index in [1.807, 2.05) is 0 Å². The predicted octanol–water partition coefficient (Wildman–Crippen LogP) is 0.670. The summed E-state index contributed by atoms with van der Waals surface area (Å²) in [6.07, 6.45) is 0. The highest BCUT2D eigenvalue weighted by Crippen LogP contribution is 1.94. The van der Waals surface area contributed by atoms with Gasteiger partial charge in [-0.2, -0.15) is 0 Å². The van der Waals surface area contributed by atoms with Crippen LogP contribution in [0.1, 0.15) is 6.92 Å². The van der Waals surface area contributed by atoms with Gasteiger partial charge in [-0.3, -0.25) is 4.62 Å². The number of carboxylic acid groups (broad SMARTS) is 1. The van der Waals surface area contributed by atoms with Crippen LogP contribution in [0.2, 0.25) is 0 Å². The number of aliphatic carboxylic acids is 1. The topological polar surface area (TPSA) is 76.0 Å². The van der Waals surface area contributed by atoms with E-state index in [2.05, 4.69) is 9.78 Å². The summed E-state index contributed by atoms with van der Waals surface area (Å²) in [6.45, 7) is 1.23. The highest BCUT2D eigenvalue weighted by atomic mass is 31.1. The van der Waals surface area contributed by atoms with E-state index < -0.39 is 14.7 Å². The summed E-state index contributed by atoms with van der Waals surface area (Å²) in [7, 11) is -0.656. The van der Waals surface area contributed by atoms with E-state index in [1.54, 1.807) is 0 Å². The Morgan fingerprint density at radius 3 is 2.67 bits per heavy atom. The Hall–Kier alpha value is -0.960. The van der Waals surface area contributed by atoms with Crippen LogP contribution in [0.15, 0.2) is 5.16 Å². The van der Waals surface area contributed by atoms with E-state index in [9.17, 15) is 9.36 Å². The minimum absolute atomic E-state index is 0.238. The molecule has 0 aromatic carbocycles. The highest BCUT2D eigenvalue weighted by Gasteiger charge is 2.00. The van der Waals surface area contributed by atoms with Crippen LogP contribution < -0.4 is 0 Å². The molecule has 0 aromatic heterocycles. The van der Waals surface area contributed by atoms with E-state index in [0.29, 0.717) is 0 Å². The largest absolute Gasteiger partial charge is 0.477 e. The van der Waals surface area contributed by atoms with Crippen molar-refractivity contribution in [3.63, 3.8) is 0 Å². The number of carbonyl (C=O) groups is 1. The maximum absolute atomic E-state index is 9.89. The van der Waals surface area contributed by atoms with Gasteiger partial charge >= 0.3 is 14.7 Å². The molecule has 0 aliphatic heterocycles. The van der Waals surface area contributed by atoms with Gasteiger partial charge in [0.2, 0.25) is 0 Å². The highest BCUT2D eigenvalue weighted by molar-refractivity contribution is 7.17. The van der Waals surface area contributed by atoms with Gasteiger partial charge in [0.25, 0.3) is 0 Å². The van der Waals surface area contributed by atoms with Crippen molar-refractivity contribution < 1.29 is 19.1 Å². The lowest BCUT2D eigenvalue weighted by atomic mass is 10.4. The molecule has 1 N–H and O–H groups in total. The van der Waals surface area contributed by atoms with E-state index in [1.165, 1.54) is 6.92 Å². The molecular weight excluding hydrogens is 145 g/mol. The van der Waals surface area contributed by atoms with Crippen LogP contribution in [-0.4, -0.2) is 16.8 Å². The van der Waals surface area contributed by atoms with Crippen LogP contribution in [0.5, 0.6) is 0 Å². The molecule has 5 nitrogen and oxygen atoms in total. The average molecular weight is 149 g/mol. The molecule has 9 heavy (non-hydrogen) atoms. The second-order valence-electron chi connectivity index (χ2n) is 1.14. The molecule has 0 aromatic rings. The van der Waals surface area contributed by atoms with Gasteiger partial charge in [-0.25, -0.2) is 9.36 Å². The van der Waals surface area contributed by atoms with Crippen molar-refractivity contribution in [2.75, 3.05) is 0 Å². The van der Waals surface area contributed by atoms with Crippen molar-refractivity contribution in [3.8, 4) is 0 Å². The minimum Gasteiger partial charge on any atom is -0.477 e. The molecule has 0 bridgehead atoms. The third-order valence-corrected chi connectivity index (χ3v) is 0.669. The molecule has 0 saturated heterocycles. The van der Waals surface area contributed by atoms with Crippen molar-refractivity contribution in [3.05, 3.63) is 0 Å². The van der Waals surface area contributed by atoms with Crippen LogP contribution in [0.3, 0.4) is 0 Å². The number of rotatable bonds is 3. The first-order valence-electron chi connectivity index (χ1n) is 1.95. The summed E-state index contributed by atoms with van der Waals surface area (Å²) < 4.78 is 13.4. The summed E-state index contributed by atoms with van der Waals surface area (Å²) in [5.74, 6) is -1.20. The zero-order chi connectivity index (χ0) is 7.28. The monoisotopic (exact) mass is 149 g/mol. The second-order valence-corrected chi connectivity index (χ2v) is 1.45. The summed E-state index contributed by atoms with van der Waals surface area (Å²) in [6, 6.07) is 0. The molecule has 0 radical (unpaired) electrons. The molecule has 0 aliphatic carbocycles. The molecular formula is C3H4NO4P. The van der Waals surface area contributed by atoms with E-state index in [-0.39, 0.29) is 5.71 Å². The number of nitrogens with zero attached hydrogens (tertiary/aromatic N) is 1. The third kappa shape index (κ3) is 3.61. The summed E-state index contributed by atoms with van der Waals surface area (Å²) in [5, 5.41) is 11.0. The van der Waals surface area contributed by atoms with Crippen LogP contribution >= 0.6 is 8.69 Å². The molecule has 0 unspecified atom stereocenters. The Labute approximate surface area is 52.6 Å². The third-order valence-electron chi connectivity index (χ3n) is 0.521. The van der Waals surface area contributed by atoms with Crippen molar-refractivity contribution in [1.29, 1.82) is 0 Å². The van der Waals surface area contributed by atoms with Gasteiger partial charge in [0, 0.05) is 0 Å². The second kappa shape index (κ2) is 3.97. The first-order chi connectivity index (χ1) is 4.18. The normalized spacial score (nSPS) is 11.4. The fourth-order valence-electron chi connectivity index (χ4n) is 0.117.